The van der Waals surface area contributed by atoms with Gasteiger partial charge in [0.25, 0.3) is 5.91 Å². The predicted molar refractivity (Wildman–Crippen MR) is 87.5 cm³/mol. The lowest BCUT2D eigenvalue weighted by atomic mass is 10.00. The number of rotatable bonds is 5. The van der Waals surface area contributed by atoms with Crippen LogP contribution in [-0.4, -0.2) is 19.6 Å². The third-order valence-electron chi connectivity index (χ3n) is 3.52. The quantitative estimate of drug-likeness (QED) is 0.909. The van der Waals surface area contributed by atoms with Crippen molar-refractivity contribution in [2.45, 2.75) is 26.7 Å². The molecule has 0 fully saturated rings. The number of carbonyl (C=O) groups is 1. The second kappa shape index (κ2) is 6.76. The van der Waals surface area contributed by atoms with E-state index in [2.05, 4.69) is 12.2 Å². The number of methoxy groups -OCH3 is 1. The van der Waals surface area contributed by atoms with Gasteiger partial charge in [-0.1, -0.05) is 25.1 Å². The number of amides is 1. The Bertz CT molecular complexity index is 633. The van der Waals surface area contributed by atoms with Crippen molar-refractivity contribution in [1.29, 1.82) is 0 Å². The van der Waals surface area contributed by atoms with E-state index in [-0.39, 0.29) is 11.8 Å². The summed E-state index contributed by atoms with van der Waals surface area (Å²) in [5.74, 6) is 1.06. The Hall–Kier alpha value is -1.81. The minimum atomic E-state index is -0.00130. The van der Waals surface area contributed by atoms with Crippen LogP contribution in [0.2, 0.25) is 0 Å². The Morgan fingerprint density at radius 2 is 2.05 bits per heavy atom. The normalized spacial score (nSPS) is 12.0. The van der Waals surface area contributed by atoms with Crippen molar-refractivity contribution in [3.63, 3.8) is 0 Å². The summed E-state index contributed by atoms with van der Waals surface area (Å²) in [6, 6.07) is 9.87. The van der Waals surface area contributed by atoms with E-state index in [1.54, 1.807) is 18.4 Å². The molecule has 2 aromatic rings. The zero-order valence-corrected chi connectivity index (χ0v) is 13.7. The number of para-hydroxylation sites is 1. The molecule has 1 heterocycles. The maximum atomic E-state index is 12.2. The van der Waals surface area contributed by atoms with E-state index in [1.807, 2.05) is 44.2 Å². The lowest BCUT2D eigenvalue weighted by Gasteiger charge is -2.16. The van der Waals surface area contributed by atoms with Crippen LogP contribution in [0.1, 0.15) is 38.5 Å². The van der Waals surface area contributed by atoms with Crippen LogP contribution in [0.25, 0.3) is 0 Å². The first-order valence-electron chi connectivity index (χ1n) is 7.01. The first-order chi connectivity index (χ1) is 10.0. The van der Waals surface area contributed by atoms with E-state index in [4.69, 9.17) is 4.74 Å². The maximum Gasteiger partial charge on any atom is 0.252 e. The smallest absolute Gasteiger partial charge is 0.252 e. The number of thiophene rings is 1. The summed E-state index contributed by atoms with van der Waals surface area (Å²) in [6.07, 6.45) is 0. The molecule has 0 saturated heterocycles. The van der Waals surface area contributed by atoms with Gasteiger partial charge in [-0.2, -0.15) is 0 Å². The Kier molecular flexibility index (Phi) is 5.02. The van der Waals surface area contributed by atoms with Gasteiger partial charge in [0.05, 0.1) is 12.7 Å². The molecule has 4 heteroatoms. The van der Waals surface area contributed by atoms with Crippen LogP contribution in [0.3, 0.4) is 0 Å². The summed E-state index contributed by atoms with van der Waals surface area (Å²) in [5.41, 5.74) is 1.89. The zero-order chi connectivity index (χ0) is 15.4. The van der Waals surface area contributed by atoms with Gasteiger partial charge in [0.15, 0.2) is 0 Å². The topological polar surface area (TPSA) is 38.3 Å². The van der Waals surface area contributed by atoms with Crippen LogP contribution in [0.5, 0.6) is 5.75 Å². The number of hydrogen-bond donors (Lipinski definition) is 1. The van der Waals surface area contributed by atoms with Gasteiger partial charge in [0, 0.05) is 22.2 Å². The molecule has 1 aromatic heterocycles. The molecule has 1 atom stereocenters. The molecule has 0 aliphatic heterocycles. The SMILES string of the molecule is COc1ccccc1[C@@H](C)CNC(=O)c1cc(C)sc1C. The van der Waals surface area contributed by atoms with Gasteiger partial charge in [-0.25, -0.2) is 0 Å². The monoisotopic (exact) mass is 303 g/mol. The van der Waals surface area contributed by atoms with Crippen LogP contribution < -0.4 is 10.1 Å². The highest BCUT2D eigenvalue weighted by atomic mass is 32.1. The fraction of sp³-hybridized carbons (Fsp3) is 0.353. The number of nitrogens with one attached hydrogen (secondary N) is 1. The van der Waals surface area contributed by atoms with Crippen LogP contribution in [0.4, 0.5) is 0 Å². The lowest BCUT2D eigenvalue weighted by Crippen LogP contribution is -2.27. The highest BCUT2D eigenvalue weighted by Crippen LogP contribution is 2.26. The van der Waals surface area contributed by atoms with Crippen molar-refractivity contribution in [3.8, 4) is 5.75 Å². The molecule has 1 amide bonds. The molecule has 0 bridgehead atoms. The standard InChI is InChI=1S/C17H21NO2S/c1-11(14-7-5-6-8-16(14)20-4)10-18-17(19)15-9-12(2)21-13(15)3/h5-9,11H,10H2,1-4H3,(H,18,19)/t11-/m0/s1. The van der Waals surface area contributed by atoms with Gasteiger partial charge in [-0.05, 0) is 31.5 Å². The largest absolute Gasteiger partial charge is 0.496 e. The molecule has 0 aliphatic rings. The lowest BCUT2D eigenvalue weighted by molar-refractivity contribution is 0.0951. The fourth-order valence-corrected chi connectivity index (χ4v) is 3.30. The number of hydrogen-bond acceptors (Lipinski definition) is 3. The molecule has 2 rings (SSSR count). The third kappa shape index (κ3) is 3.64. The van der Waals surface area contributed by atoms with Crippen molar-refractivity contribution in [1.82, 2.24) is 5.32 Å². The van der Waals surface area contributed by atoms with Crippen molar-refractivity contribution in [3.05, 3.63) is 51.2 Å². The van der Waals surface area contributed by atoms with E-state index < -0.39 is 0 Å². The number of aryl methyl sites for hydroxylation is 2. The highest BCUT2D eigenvalue weighted by Gasteiger charge is 2.15. The number of carbonyl (C=O) groups excluding carboxylic acids is 1. The molecule has 0 spiro atoms. The second-order valence-corrected chi connectivity index (χ2v) is 6.64. The van der Waals surface area contributed by atoms with E-state index in [1.165, 1.54) is 0 Å². The van der Waals surface area contributed by atoms with Crippen LogP contribution >= 0.6 is 11.3 Å². The zero-order valence-electron chi connectivity index (χ0n) is 12.9. The molecular weight excluding hydrogens is 282 g/mol. The Balaban J connectivity index is 2.02. The van der Waals surface area contributed by atoms with Gasteiger partial charge in [-0.3, -0.25) is 4.79 Å². The van der Waals surface area contributed by atoms with Crippen LogP contribution in [0.15, 0.2) is 30.3 Å². The van der Waals surface area contributed by atoms with Crippen molar-refractivity contribution >= 4 is 17.2 Å². The van der Waals surface area contributed by atoms with E-state index in [0.29, 0.717) is 6.54 Å². The molecule has 0 saturated carbocycles. The first-order valence-corrected chi connectivity index (χ1v) is 7.82. The summed E-state index contributed by atoms with van der Waals surface area (Å²) < 4.78 is 5.37. The van der Waals surface area contributed by atoms with E-state index in [0.717, 1.165) is 26.6 Å². The highest BCUT2D eigenvalue weighted by molar-refractivity contribution is 7.12. The maximum absolute atomic E-state index is 12.2. The summed E-state index contributed by atoms with van der Waals surface area (Å²) in [6.45, 7) is 6.68. The summed E-state index contributed by atoms with van der Waals surface area (Å²) in [7, 11) is 1.67. The van der Waals surface area contributed by atoms with Crippen molar-refractivity contribution < 1.29 is 9.53 Å². The minimum Gasteiger partial charge on any atom is -0.496 e. The Morgan fingerprint density at radius 1 is 1.33 bits per heavy atom. The molecule has 21 heavy (non-hydrogen) atoms. The molecule has 0 radical (unpaired) electrons. The summed E-state index contributed by atoms with van der Waals surface area (Å²) >= 11 is 1.65. The number of benzene rings is 1. The Labute approximate surface area is 130 Å². The van der Waals surface area contributed by atoms with E-state index in [9.17, 15) is 4.79 Å². The summed E-state index contributed by atoms with van der Waals surface area (Å²) in [4.78, 5) is 14.5. The Morgan fingerprint density at radius 3 is 2.67 bits per heavy atom. The fourth-order valence-electron chi connectivity index (χ4n) is 2.38. The molecular formula is C17H21NO2S. The molecule has 112 valence electrons. The van der Waals surface area contributed by atoms with Gasteiger partial charge >= 0.3 is 0 Å². The van der Waals surface area contributed by atoms with Gasteiger partial charge in [0.1, 0.15) is 5.75 Å². The summed E-state index contributed by atoms with van der Waals surface area (Å²) in [5, 5.41) is 3.01. The van der Waals surface area contributed by atoms with Crippen LogP contribution in [0, 0.1) is 13.8 Å². The second-order valence-electron chi connectivity index (χ2n) is 5.18. The average molecular weight is 303 g/mol. The first kappa shape index (κ1) is 15.6. The van der Waals surface area contributed by atoms with Gasteiger partial charge in [-0.15, -0.1) is 11.3 Å². The van der Waals surface area contributed by atoms with E-state index >= 15 is 0 Å². The third-order valence-corrected chi connectivity index (χ3v) is 4.49. The number of ether oxygens (including phenoxy) is 1. The average Bonchev–Trinajstić information content (AvgIpc) is 2.83. The molecule has 3 nitrogen and oxygen atoms in total. The van der Waals surface area contributed by atoms with Crippen molar-refractivity contribution in [2.75, 3.05) is 13.7 Å². The molecule has 0 unspecified atom stereocenters. The predicted octanol–water partition coefficient (Wildman–Crippen LogP) is 3.91. The molecule has 1 aromatic carbocycles. The molecule has 1 N–H and O–H groups in total. The van der Waals surface area contributed by atoms with Gasteiger partial charge in [0.2, 0.25) is 0 Å². The molecule has 0 aliphatic carbocycles. The van der Waals surface area contributed by atoms with Crippen LogP contribution in [-0.2, 0) is 0 Å². The minimum absolute atomic E-state index is 0.00130. The van der Waals surface area contributed by atoms with Crippen molar-refractivity contribution in [2.24, 2.45) is 0 Å². The van der Waals surface area contributed by atoms with Gasteiger partial charge < -0.3 is 10.1 Å².